The summed E-state index contributed by atoms with van der Waals surface area (Å²) in [7, 11) is 0. The molecule has 108 valence electrons. The highest BCUT2D eigenvalue weighted by atomic mass is 32.1. The second kappa shape index (κ2) is 3.85. The Labute approximate surface area is 124 Å². The number of carbonyl (C=O) groups excluding carboxylic acids is 1. The van der Waals surface area contributed by atoms with E-state index in [-0.39, 0.29) is 11.4 Å². The zero-order valence-electron chi connectivity index (χ0n) is 12.2. The zero-order valence-corrected chi connectivity index (χ0v) is 13.1. The van der Waals surface area contributed by atoms with Crippen LogP contribution in [0.4, 0.5) is 0 Å². The average molecular weight is 290 g/mol. The largest absolute Gasteiger partial charge is 0.345 e. The second-order valence-electron chi connectivity index (χ2n) is 8.24. The highest BCUT2D eigenvalue weighted by Gasteiger charge is 2.60. The van der Waals surface area contributed by atoms with Gasteiger partial charge in [0, 0.05) is 10.9 Å². The summed E-state index contributed by atoms with van der Waals surface area (Å²) in [5.41, 5.74) is 3.22. The van der Waals surface area contributed by atoms with Gasteiger partial charge in [0.05, 0.1) is 5.51 Å². The number of aromatic nitrogens is 1. The molecule has 4 saturated carbocycles. The van der Waals surface area contributed by atoms with E-state index < -0.39 is 0 Å². The Balaban J connectivity index is 1.63. The van der Waals surface area contributed by atoms with Crippen LogP contribution in [0.1, 0.15) is 62.9 Å². The zero-order chi connectivity index (χ0) is 14.0. The Bertz CT molecular complexity index is 535. The fourth-order valence-electron chi connectivity index (χ4n) is 6.22. The Kier molecular flexibility index (Phi) is 2.46. The molecule has 5 rings (SSSR count). The van der Waals surface area contributed by atoms with Gasteiger partial charge >= 0.3 is 0 Å². The molecule has 4 heteroatoms. The van der Waals surface area contributed by atoms with Crippen LogP contribution in [0.3, 0.4) is 0 Å². The molecule has 2 unspecified atom stereocenters. The maximum atomic E-state index is 12.4. The highest BCUT2D eigenvalue weighted by Crippen LogP contribution is 2.66. The van der Waals surface area contributed by atoms with Gasteiger partial charge in [-0.2, -0.15) is 0 Å². The van der Waals surface area contributed by atoms with Crippen LogP contribution in [0.15, 0.2) is 10.9 Å². The Hall–Kier alpha value is -0.900. The van der Waals surface area contributed by atoms with Crippen LogP contribution in [0.25, 0.3) is 0 Å². The summed E-state index contributed by atoms with van der Waals surface area (Å²) in [5.74, 6) is 0.831. The first-order valence-electron chi connectivity index (χ1n) is 7.60. The first-order valence-corrected chi connectivity index (χ1v) is 8.55. The van der Waals surface area contributed by atoms with E-state index in [0.717, 1.165) is 18.8 Å². The molecule has 1 aromatic heterocycles. The number of nitrogens with zero attached hydrogens (tertiary/aromatic N) is 1. The van der Waals surface area contributed by atoms with Gasteiger partial charge in [0.25, 0.3) is 5.91 Å². The summed E-state index contributed by atoms with van der Waals surface area (Å²) in [4.78, 5) is 16.6. The molecule has 2 atom stereocenters. The third-order valence-corrected chi connectivity index (χ3v) is 6.26. The predicted octanol–water partition coefficient (Wildman–Crippen LogP) is 3.62. The molecule has 1 heterocycles. The monoisotopic (exact) mass is 290 g/mol. The molecular weight excluding hydrogens is 268 g/mol. The average Bonchev–Trinajstić information content (AvgIpc) is 2.75. The summed E-state index contributed by atoms with van der Waals surface area (Å²) in [5, 5.41) is 5.23. The number of amides is 1. The summed E-state index contributed by atoms with van der Waals surface area (Å²) >= 11 is 1.49. The van der Waals surface area contributed by atoms with Crippen LogP contribution in [0.2, 0.25) is 0 Å². The Morgan fingerprint density at radius 2 is 1.95 bits per heavy atom. The molecule has 4 aliphatic rings. The molecule has 1 N–H and O–H groups in total. The van der Waals surface area contributed by atoms with E-state index in [1.165, 1.54) is 37.0 Å². The first kappa shape index (κ1) is 12.8. The minimum Gasteiger partial charge on any atom is -0.345 e. The fourth-order valence-corrected chi connectivity index (χ4v) is 6.75. The highest BCUT2D eigenvalue weighted by molar-refractivity contribution is 7.07. The third-order valence-electron chi connectivity index (χ3n) is 5.67. The summed E-state index contributed by atoms with van der Waals surface area (Å²) in [6.45, 7) is 4.86. The van der Waals surface area contributed by atoms with Gasteiger partial charge in [-0.15, -0.1) is 11.3 Å². The lowest BCUT2D eigenvalue weighted by Crippen LogP contribution is -2.65. The normalized spacial score (nSPS) is 45.6. The van der Waals surface area contributed by atoms with Crippen molar-refractivity contribution in [2.75, 3.05) is 0 Å². The maximum absolute atomic E-state index is 12.4. The topological polar surface area (TPSA) is 42.0 Å². The van der Waals surface area contributed by atoms with Crippen LogP contribution in [0.5, 0.6) is 0 Å². The maximum Gasteiger partial charge on any atom is 0.271 e. The van der Waals surface area contributed by atoms with Gasteiger partial charge in [-0.25, -0.2) is 4.98 Å². The molecular formula is C16H22N2OS. The van der Waals surface area contributed by atoms with Crippen molar-refractivity contribution in [1.29, 1.82) is 0 Å². The quantitative estimate of drug-likeness (QED) is 0.904. The van der Waals surface area contributed by atoms with Gasteiger partial charge in [0.15, 0.2) is 0 Å². The van der Waals surface area contributed by atoms with Crippen molar-refractivity contribution >= 4 is 17.2 Å². The fraction of sp³-hybridized carbons (Fsp3) is 0.750. The summed E-state index contributed by atoms with van der Waals surface area (Å²) in [6, 6.07) is 0. The molecule has 3 nitrogen and oxygen atoms in total. The standard InChI is InChI=1S/C16H22N2OS/c1-14-3-11-4-15(2,7-14)9-16(5-11,8-14)18-13(19)12-6-20-10-17-12/h6,10-11H,3-5,7-9H2,1-2H3,(H,18,19). The minimum absolute atomic E-state index is 0.0281. The number of nitrogens with one attached hydrogen (secondary N) is 1. The number of thiazole rings is 1. The van der Waals surface area contributed by atoms with Gasteiger partial charge in [0.2, 0.25) is 0 Å². The van der Waals surface area contributed by atoms with Crippen LogP contribution in [0, 0.1) is 16.7 Å². The van der Waals surface area contributed by atoms with Crippen LogP contribution in [-0.2, 0) is 0 Å². The van der Waals surface area contributed by atoms with E-state index >= 15 is 0 Å². The third kappa shape index (κ3) is 1.92. The van der Waals surface area contributed by atoms with Gasteiger partial charge in [-0.3, -0.25) is 4.79 Å². The molecule has 0 aromatic carbocycles. The first-order chi connectivity index (χ1) is 9.40. The minimum atomic E-state index is 0.0281. The molecule has 0 spiro atoms. The number of hydrogen-bond acceptors (Lipinski definition) is 3. The van der Waals surface area contributed by atoms with E-state index in [2.05, 4.69) is 24.1 Å². The van der Waals surface area contributed by atoms with E-state index in [9.17, 15) is 4.79 Å². The number of rotatable bonds is 2. The van der Waals surface area contributed by atoms with Crippen molar-refractivity contribution in [1.82, 2.24) is 10.3 Å². The number of carbonyl (C=O) groups is 1. The van der Waals surface area contributed by atoms with Gasteiger partial charge < -0.3 is 5.32 Å². The lowest BCUT2D eigenvalue weighted by Gasteiger charge is -2.65. The van der Waals surface area contributed by atoms with Crippen LogP contribution < -0.4 is 5.32 Å². The van der Waals surface area contributed by atoms with E-state index in [1.54, 1.807) is 5.51 Å². The Morgan fingerprint density at radius 3 is 2.50 bits per heavy atom. The van der Waals surface area contributed by atoms with E-state index in [4.69, 9.17) is 0 Å². The van der Waals surface area contributed by atoms with Crippen LogP contribution >= 0.6 is 11.3 Å². The van der Waals surface area contributed by atoms with Gasteiger partial charge in [-0.05, 0) is 55.3 Å². The molecule has 0 aliphatic heterocycles. The van der Waals surface area contributed by atoms with E-state index in [1.807, 2.05) is 5.38 Å². The molecule has 0 radical (unpaired) electrons. The molecule has 1 aromatic rings. The number of hydrogen-bond donors (Lipinski definition) is 1. The van der Waals surface area contributed by atoms with E-state index in [0.29, 0.717) is 16.5 Å². The van der Waals surface area contributed by atoms with Crippen molar-refractivity contribution in [3.63, 3.8) is 0 Å². The molecule has 20 heavy (non-hydrogen) atoms. The predicted molar refractivity (Wildman–Crippen MR) is 79.7 cm³/mol. The lowest BCUT2D eigenvalue weighted by molar-refractivity contribution is -0.114. The SMILES string of the molecule is CC12CC3CC(C)(C1)CC(NC(=O)c1cscn1)(C3)C2. The van der Waals surface area contributed by atoms with Crippen LogP contribution in [-0.4, -0.2) is 16.4 Å². The molecule has 4 bridgehead atoms. The van der Waals surface area contributed by atoms with Crippen molar-refractivity contribution in [2.24, 2.45) is 16.7 Å². The molecule has 4 fully saturated rings. The van der Waals surface area contributed by atoms with Crippen molar-refractivity contribution in [2.45, 2.75) is 57.9 Å². The van der Waals surface area contributed by atoms with Gasteiger partial charge in [0.1, 0.15) is 5.69 Å². The summed E-state index contributed by atoms with van der Waals surface area (Å²) in [6.07, 6.45) is 7.54. The van der Waals surface area contributed by atoms with Crippen molar-refractivity contribution in [3.05, 3.63) is 16.6 Å². The Morgan fingerprint density at radius 1 is 1.25 bits per heavy atom. The molecule has 4 aliphatic carbocycles. The van der Waals surface area contributed by atoms with Crippen molar-refractivity contribution in [3.8, 4) is 0 Å². The molecule has 1 amide bonds. The summed E-state index contributed by atoms with van der Waals surface area (Å²) < 4.78 is 0. The van der Waals surface area contributed by atoms with Crippen molar-refractivity contribution < 1.29 is 4.79 Å². The second-order valence-corrected chi connectivity index (χ2v) is 8.96. The smallest absolute Gasteiger partial charge is 0.271 e. The lowest BCUT2D eigenvalue weighted by atomic mass is 9.43. The molecule has 0 saturated heterocycles. The van der Waals surface area contributed by atoms with Gasteiger partial charge in [-0.1, -0.05) is 13.8 Å².